The summed E-state index contributed by atoms with van der Waals surface area (Å²) in [6.45, 7) is 5.81. The van der Waals surface area contributed by atoms with Crippen molar-refractivity contribution in [3.05, 3.63) is 62.5 Å². The molecule has 0 heterocycles. The third-order valence-corrected chi connectivity index (χ3v) is 4.23. The van der Waals surface area contributed by atoms with Gasteiger partial charge in [-0.3, -0.25) is 0 Å². The first-order valence-corrected chi connectivity index (χ1v) is 9.04. The summed E-state index contributed by atoms with van der Waals surface area (Å²) in [5.74, 6) is 0.922. The third kappa shape index (κ3) is 5.41. The SMILES string of the molecule is CC(C)Oc1c(Br)cc(Br)cc1CNCCc1ccccc1. The Hall–Kier alpha value is -0.840. The lowest BCUT2D eigenvalue weighted by Gasteiger charge is -2.17. The molecule has 2 nitrogen and oxygen atoms in total. The van der Waals surface area contributed by atoms with Crippen LogP contribution in [0.25, 0.3) is 0 Å². The van der Waals surface area contributed by atoms with E-state index in [2.05, 4.69) is 67.5 Å². The standard InChI is InChI=1S/C18H21Br2NO/c1-13(2)22-18-15(10-16(19)11-17(18)20)12-21-9-8-14-6-4-3-5-7-14/h3-7,10-11,13,21H,8-9,12H2,1-2H3. The predicted octanol–water partition coefficient (Wildman–Crippen LogP) is 5.33. The maximum Gasteiger partial charge on any atom is 0.138 e. The molecule has 2 rings (SSSR count). The maximum atomic E-state index is 5.94. The monoisotopic (exact) mass is 425 g/mol. The second kappa shape index (κ2) is 8.70. The number of hydrogen-bond acceptors (Lipinski definition) is 2. The van der Waals surface area contributed by atoms with Gasteiger partial charge in [0, 0.05) is 16.6 Å². The summed E-state index contributed by atoms with van der Waals surface area (Å²) in [6, 6.07) is 14.6. The van der Waals surface area contributed by atoms with Gasteiger partial charge in [-0.15, -0.1) is 0 Å². The lowest BCUT2D eigenvalue weighted by molar-refractivity contribution is 0.238. The van der Waals surface area contributed by atoms with Crippen LogP contribution in [-0.2, 0) is 13.0 Å². The van der Waals surface area contributed by atoms with Gasteiger partial charge in [0.1, 0.15) is 5.75 Å². The minimum atomic E-state index is 0.153. The molecule has 0 aliphatic heterocycles. The fourth-order valence-corrected chi connectivity index (χ4v) is 3.62. The van der Waals surface area contributed by atoms with Crippen LogP contribution in [0.1, 0.15) is 25.0 Å². The van der Waals surface area contributed by atoms with Crippen molar-refractivity contribution in [2.24, 2.45) is 0 Å². The van der Waals surface area contributed by atoms with Gasteiger partial charge in [-0.25, -0.2) is 0 Å². The van der Waals surface area contributed by atoms with Crippen molar-refractivity contribution in [1.82, 2.24) is 5.32 Å². The Morgan fingerprint density at radius 3 is 2.50 bits per heavy atom. The van der Waals surface area contributed by atoms with E-state index >= 15 is 0 Å². The van der Waals surface area contributed by atoms with Crippen LogP contribution in [0, 0.1) is 0 Å². The van der Waals surface area contributed by atoms with Crippen LogP contribution in [0.3, 0.4) is 0 Å². The molecule has 2 aromatic carbocycles. The van der Waals surface area contributed by atoms with Gasteiger partial charge in [-0.05, 0) is 60.4 Å². The summed E-state index contributed by atoms with van der Waals surface area (Å²) in [4.78, 5) is 0. The van der Waals surface area contributed by atoms with Crippen LogP contribution in [0.2, 0.25) is 0 Å². The summed E-state index contributed by atoms with van der Waals surface area (Å²) < 4.78 is 7.97. The maximum absolute atomic E-state index is 5.94. The van der Waals surface area contributed by atoms with Crippen molar-refractivity contribution in [2.75, 3.05) is 6.54 Å². The topological polar surface area (TPSA) is 21.3 Å². The molecule has 0 saturated carbocycles. The highest BCUT2D eigenvalue weighted by Gasteiger charge is 2.11. The Morgan fingerprint density at radius 2 is 1.82 bits per heavy atom. The predicted molar refractivity (Wildman–Crippen MR) is 99.5 cm³/mol. The first kappa shape index (κ1) is 17.5. The van der Waals surface area contributed by atoms with Crippen LogP contribution >= 0.6 is 31.9 Å². The highest BCUT2D eigenvalue weighted by atomic mass is 79.9. The van der Waals surface area contributed by atoms with Gasteiger partial charge in [0.15, 0.2) is 0 Å². The summed E-state index contributed by atoms with van der Waals surface area (Å²) in [7, 11) is 0. The van der Waals surface area contributed by atoms with E-state index in [9.17, 15) is 0 Å². The molecule has 4 heteroatoms. The molecule has 0 unspecified atom stereocenters. The first-order valence-electron chi connectivity index (χ1n) is 7.45. The molecular formula is C18H21Br2NO. The molecule has 0 spiro atoms. The van der Waals surface area contributed by atoms with E-state index in [1.807, 2.05) is 26.0 Å². The van der Waals surface area contributed by atoms with Crippen LogP contribution in [-0.4, -0.2) is 12.6 Å². The Morgan fingerprint density at radius 1 is 1.09 bits per heavy atom. The van der Waals surface area contributed by atoms with E-state index in [4.69, 9.17) is 4.74 Å². The van der Waals surface area contributed by atoms with Gasteiger partial charge >= 0.3 is 0 Å². The lowest BCUT2D eigenvalue weighted by atomic mass is 10.1. The number of ether oxygens (including phenoxy) is 1. The Kier molecular flexibility index (Phi) is 6.93. The summed E-state index contributed by atoms with van der Waals surface area (Å²) in [6.07, 6.45) is 1.18. The fourth-order valence-electron chi connectivity index (χ4n) is 2.21. The Labute approximate surface area is 149 Å². The van der Waals surface area contributed by atoms with Crippen molar-refractivity contribution in [3.63, 3.8) is 0 Å². The third-order valence-electron chi connectivity index (χ3n) is 3.19. The highest BCUT2D eigenvalue weighted by Crippen LogP contribution is 2.33. The molecule has 1 N–H and O–H groups in total. The van der Waals surface area contributed by atoms with E-state index in [1.54, 1.807) is 0 Å². The highest BCUT2D eigenvalue weighted by molar-refractivity contribution is 9.11. The summed E-state index contributed by atoms with van der Waals surface area (Å²) in [5, 5.41) is 3.50. The van der Waals surface area contributed by atoms with Gasteiger partial charge in [-0.2, -0.15) is 0 Å². The summed E-state index contributed by atoms with van der Waals surface area (Å²) in [5.41, 5.74) is 2.51. The van der Waals surface area contributed by atoms with Gasteiger partial charge in [0.05, 0.1) is 10.6 Å². The molecule has 0 radical (unpaired) electrons. The molecule has 0 aliphatic carbocycles. The molecule has 0 atom stereocenters. The van der Waals surface area contributed by atoms with Crippen molar-refractivity contribution in [2.45, 2.75) is 32.9 Å². The van der Waals surface area contributed by atoms with Gasteiger partial charge in [0.25, 0.3) is 0 Å². The molecule has 0 saturated heterocycles. The van der Waals surface area contributed by atoms with Crippen LogP contribution in [0.4, 0.5) is 0 Å². The molecule has 118 valence electrons. The van der Waals surface area contributed by atoms with E-state index in [0.29, 0.717) is 0 Å². The zero-order valence-corrected chi connectivity index (χ0v) is 16.1. The molecule has 22 heavy (non-hydrogen) atoms. The smallest absolute Gasteiger partial charge is 0.138 e. The Bertz CT molecular complexity index is 600. The van der Waals surface area contributed by atoms with Crippen LogP contribution in [0.15, 0.2) is 51.4 Å². The minimum absolute atomic E-state index is 0.153. The van der Waals surface area contributed by atoms with Crippen molar-refractivity contribution < 1.29 is 4.74 Å². The number of hydrogen-bond donors (Lipinski definition) is 1. The molecule has 0 amide bonds. The number of benzene rings is 2. The van der Waals surface area contributed by atoms with Crippen molar-refractivity contribution in [1.29, 1.82) is 0 Å². The zero-order chi connectivity index (χ0) is 15.9. The number of halogens is 2. The van der Waals surface area contributed by atoms with Gasteiger partial charge in [0.2, 0.25) is 0 Å². The Balaban J connectivity index is 1.96. The first-order chi connectivity index (χ1) is 10.6. The van der Waals surface area contributed by atoms with Crippen molar-refractivity contribution in [3.8, 4) is 5.75 Å². The molecule has 0 aliphatic rings. The second-order valence-corrected chi connectivity index (χ2v) is 7.22. The molecule has 0 fully saturated rings. The second-order valence-electron chi connectivity index (χ2n) is 5.45. The van der Waals surface area contributed by atoms with Crippen molar-refractivity contribution >= 4 is 31.9 Å². The van der Waals surface area contributed by atoms with Gasteiger partial charge in [-0.1, -0.05) is 46.3 Å². The number of nitrogens with one attached hydrogen (secondary N) is 1. The van der Waals surface area contributed by atoms with Gasteiger partial charge < -0.3 is 10.1 Å². The van der Waals surface area contributed by atoms with E-state index in [1.165, 1.54) is 5.56 Å². The average molecular weight is 427 g/mol. The van der Waals surface area contributed by atoms with Crippen LogP contribution < -0.4 is 10.1 Å². The molecule has 0 bridgehead atoms. The summed E-state index contributed by atoms with van der Waals surface area (Å²) >= 11 is 7.14. The molecule has 0 aromatic heterocycles. The lowest BCUT2D eigenvalue weighted by Crippen LogP contribution is -2.18. The van der Waals surface area contributed by atoms with Crippen LogP contribution in [0.5, 0.6) is 5.75 Å². The fraction of sp³-hybridized carbons (Fsp3) is 0.333. The minimum Gasteiger partial charge on any atom is -0.489 e. The van der Waals surface area contributed by atoms with E-state index < -0.39 is 0 Å². The number of rotatable bonds is 7. The largest absolute Gasteiger partial charge is 0.489 e. The average Bonchev–Trinajstić information content (AvgIpc) is 2.47. The van der Waals surface area contributed by atoms with E-state index in [0.717, 1.165) is 39.8 Å². The molecule has 2 aromatic rings. The quantitative estimate of drug-likeness (QED) is 0.604. The normalized spacial score (nSPS) is 11.0. The zero-order valence-electron chi connectivity index (χ0n) is 12.9. The molecular weight excluding hydrogens is 406 g/mol. The van der Waals surface area contributed by atoms with E-state index in [-0.39, 0.29) is 6.10 Å².